The second-order valence-electron chi connectivity index (χ2n) is 14.6. The van der Waals surface area contributed by atoms with Gasteiger partial charge in [0.1, 0.15) is 0 Å². The molecule has 0 radical (unpaired) electrons. The van der Waals surface area contributed by atoms with E-state index < -0.39 is 0 Å². The normalized spacial score (nSPS) is 11.5. The summed E-state index contributed by atoms with van der Waals surface area (Å²) in [6.07, 6.45) is 0. The molecule has 9 aromatic carbocycles. The van der Waals surface area contributed by atoms with E-state index in [1.165, 1.54) is 71.6 Å². The molecule has 0 aliphatic rings. The Bertz CT molecular complexity index is 3160. The lowest BCUT2D eigenvalue weighted by Gasteiger charge is -2.26. The van der Waals surface area contributed by atoms with Gasteiger partial charge in [-0.25, -0.2) is 0 Å². The van der Waals surface area contributed by atoms with Crippen molar-refractivity contribution in [1.29, 1.82) is 0 Å². The summed E-state index contributed by atoms with van der Waals surface area (Å²) < 4.78 is 4.74. The maximum absolute atomic E-state index is 2.37. The van der Waals surface area contributed by atoms with Crippen LogP contribution >= 0.6 is 0 Å². The number of hydrogen-bond acceptors (Lipinski definition) is 1. The van der Waals surface area contributed by atoms with Crippen LogP contribution in [0.25, 0.3) is 77.2 Å². The smallest absolute Gasteiger partial charge is 0.0541 e. The highest BCUT2D eigenvalue weighted by Crippen LogP contribution is 2.41. The third-order valence-electron chi connectivity index (χ3n) is 11.3. The highest BCUT2D eigenvalue weighted by Gasteiger charge is 2.17. The van der Waals surface area contributed by atoms with E-state index in [-0.39, 0.29) is 0 Å². The highest BCUT2D eigenvalue weighted by atomic mass is 15.1. The van der Waals surface area contributed by atoms with Gasteiger partial charge in [-0.1, -0.05) is 133 Å². The summed E-state index contributed by atoms with van der Waals surface area (Å²) in [6.45, 7) is 0. The van der Waals surface area contributed by atoms with Gasteiger partial charge in [0.05, 0.1) is 22.1 Å². The summed E-state index contributed by atoms with van der Waals surface area (Å²) in [4.78, 5) is 2.34. The summed E-state index contributed by atoms with van der Waals surface area (Å²) in [5.41, 5.74) is 15.2. The van der Waals surface area contributed by atoms with Crippen LogP contribution in [0.4, 0.5) is 17.1 Å². The number of aromatic nitrogens is 2. The van der Waals surface area contributed by atoms with Crippen molar-refractivity contribution in [3.05, 3.63) is 224 Å². The van der Waals surface area contributed by atoms with E-state index in [1.807, 2.05) is 0 Å². The number of anilines is 3. The monoisotopic (exact) mass is 727 g/mol. The van der Waals surface area contributed by atoms with Gasteiger partial charge < -0.3 is 14.0 Å². The molecule has 268 valence electrons. The van der Waals surface area contributed by atoms with E-state index in [1.54, 1.807) is 0 Å². The van der Waals surface area contributed by atoms with Gasteiger partial charge >= 0.3 is 0 Å². The van der Waals surface area contributed by atoms with Gasteiger partial charge in [0, 0.05) is 50.0 Å². The molecule has 57 heavy (non-hydrogen) atoms. The Morgan fingerprint density at radius 2 is 0.649 bits per heavy atom. The number of nitrogens with zero attached hydrogens (tertiary/aromatic N) is 3. The molecule has 0 spiro atoms. The van der Waals surface area contributed by atoms with E-state index in [2.05, 4.69) is 238 Å². The van der Waals surface area contributed by atoms with Gasteiger partial charge in [-0.3, -0.25) is 0 Å². The van der Waals surface area contributed by atoms with Gasteiger partial charge in [0.15, 0.2) is 0 Å². The van der Waals surface area contributed by atoms with Gasteiger partial charge in [0.2, 0.25) is 0 Å². The van der Waals surface area contributed by atoms with E-state index in [4.69, 9.17) is 0 Å². The van der Waals surface area contributed by atoms with Crippen LogP contribution in [0.2, 0.25) is 0 Å². The standard InChI is InChI=1S/C54H37N3/c1-3-15-40(16-4-1)55(43-32-34-44(35-33-43)57-51-24-12-9-21-47(51)48-22-10-13-25-52(48)57)42-30-27-38(28-31-42)45-19-7-8-20-46(45)39-29-36-54-50(37-39)49-23-11-14-26-53(49)56(54)41-17-5-2-6-18-41/h1-37H. The summed E-state index contributed by atoms with van der Waals surface area (Å²) in [5, 5.41) is 5.03. The summed E-state index contributed by atoms with van der Waals surface area (Å²) >= 11 is 0. The first-order valence-corrected chi connectivity index (χ1v) is 19.5. The Labute approximate surface area is 331 Å². The highest BCUT2D eigenvalue weighted by molar-refractivity contribution is 6.11. The zero-order valence-corrected chi connectivity index (χ0v) is 31.2. The molecule has 0 aliphatic heterocycles. The minimum Gasteiger partial charge on any atom is -0.311 e. The molecule has 0 amide bonds. The molecule has 0 fully saturated rings. The van der Waals surface area contributed by atoms with Crippen LogP contribution in [0.3, 0.4) is 0 Å². The molecule has 0 atom stereocenters. The number of fused-ring (bicyclic) bond motifs is 6. The molecule has 0 N–H and O–H groups in total. The van der Waals surface area contributed by atoms with Gasteiger partial charge in [0.25, 0.3) is 0 Å². The first-order valence-electron chi connectivity index (χ1n) is 19.5. The molecule has 0 saturated heterocycles. The predicted molar refractivity (Wildman–Crippen MR) is 241 cm³/mol. The van der Waals surface area contributed by atoms with E-state index in [0.717, 1.165) is 22.7 Å². The fourth-order valence-electron chi connectivity index (χ4n) is 8.75. The predicted octanol–water partition coefficient (Wildman–Crippen LogP) is 14.7. The van der Waals surface area contributed by atoms with Crippen molar-refractivity contribution in [1.82, 2.24) is 9.13 Å². The molecule has 0 aliphatic carbocycles. The molecule has 0 unspecified atom stereocenters. The number of benzene rings is 9. The van der Waals surface area contributed by atoms with Crippen LogP contribution in [0.15, 0.2) is 224 Å². The quantitative estimate of drug-likeness (QED) is 0.159. The lowest BCUT2D eigenvalue weighted by molar-refractivity contribution is 1.17. The first kappa shape index (κ1) is 32.8. The van der Waals surface area contributed by atoms with Crippen LogP contribution in [-0.2, 0) is 0 Å². The van der Waals surface area contributed by atoms with Crippen molar-refractivity contribution in [2.45, 2.75) is 0 Å². The van der Waals surface area contributed by atoms with Gasteiger partial charge in [-0.05, 0) is 113 Å². The van der Waals surface area contributed by atoms with Crippen molar-refractivity contribution in [3.8, 4) is 33.6 Å². The Hall–Kier alpha value is -7.62. The average molecular weight is 728 g/mol. The minimum atomic E-state index is 1.10. The molecule has 0 saturated carbocycles. The molecular formula is C54H37N3. The van der Waals surface area contributed by atoms with E-state index in [0.29, 0.717) is 0 Å². The topological polar surface area (TPSA) is 13.1 Å². The third-order valence-corrected chi connectivity index (χ3v) is 11.3. The Kier molecular flexibility index (Phi) is 7.82. The van der Waals surface area contributed by atoms with Crippen molar-refractivity contribution >= 4 is 60.7 Å². The Balaban J connectivity index is 0.971. The van der Waals surface area contributed by atoms with Crippen LogP contribution in [-0.4, -0.2) is 9.13 Å². The summed E-state index contributed by atoms with van der Waals surface area (Å²) in [7, 11) is 0. The zero-order valence-electron chi connectivity index (χ0n) is 31.2. The average Bonchev–Trinajstić information content (AvgIpc) is 3.80. The molecule has 3 nitrogen and oxygen atoms in total. The molecule has 2 heterocycles. The maximum atomic E-state index is 2.37. The molecule has 3 heteroatoms. The molecule has 0 bridgehead atoms. The number of rotatable bonds is 7. The number of para-hydroxylation sites is 5. The zero-order chi connectivity index (χ0) is 37.7. The van der Waals surface area contributed by atoms with Crippen LogP contribution in [0, 0.1) is 0 Å². The Morgan fingerprint density at radius 3 is 1.23 bits per heavy atom. The second kappa shape index (κ2) is 13.6. The molecule has 11 rings (SSSR count). The summed E-state index contributed by atoms with van der Waals surface area (Å²) in [5.74, 6) is 0. The SMILES string of the molecule is c1ccc(N(c2ccc(-c3ccccc3-c3ccc4c(c3)c3ccccc3n4-c3ccccc3)cc2)c2ccc(-n3c4ccccc4c4ccccc43)cc2)cc1. The van der Waals surface area contributed by atoms with Crippen molar-refractivity contribution < 1.29 is 0 Å². The fraction of sp³-hybridized carbons (Fsp3) is 0. The van der Waals surface area contributed by atoms with Gasteiger partial charge in [-0.2, -0.15) is 0 Å². The second-order valence-corrected chi connectivity index (χ2v) is 14.6. The molecule has 2 aromatic heterocycles. The third kappa shape index (κ3) is 5.51. The van der Waals surface area contributed by atoms with Crippen LogP contribution in [0.1, 0.15) is 0 Å². The van der Waals surface area contributed by atoms with Gasteiger partial charge in [-0.15, -0.1) is 0 Å². The first-order chi connectivity index (χ1) is 28.3. The molecule has 11 aromatic rings. The fourth-order valence-corrected chi connectivity index (χ4v) is 8.75. The number of hydrogen-bond donors (Lipinski definition) is 0. The largest absolute Gasteiger partial charge is 0.311 e. The lowest BCUT2D eigenvalue weighted by atomic mass is 9.93. The van der Waals surface area contributed by atoms with Crippen molar-refractivity contribution in [2.24, 2.45) is 0 Å². The summed E-state index contributed by atoms with van der Waals surface area (Å²) in [6, 6.07) is 81.0. The minimum absolute atomic E-state index is 1.10. The van der Waals surface area contributed by atoms with Crippen molar-refractivity contribution in [2.75, 3.05) is 4.90 Å². The van der Waals surface area contributed by atoms with E-state index >= 15 is 0 Å². The van der Waals surface area contributed by atoms with Crippen LogP contribution in [0.5, 0.6) is 0 Å². The molecular weight excluding hydrogens is 691 g/mol. The van der Waals surface area contributed by atoms with E-state index in [9.17, 15) is 0 Å². The van der Waals surface area contributed by atoms with Crippen molar-refractivity contribution in [3.63, 3.8) is 0 Å². The van der Waals surface area contributed by atoms with Crippen LogP contribution < -0.4 is 4.90 Å². The maximum Gasteiger partial charge on any atom is 0.0541 e. The lowest BCUT2D eigenvalue weighted by Crippen LogP contribution is -2.10. The Morgan fingerprint density at radius 1 is 0.263 bits per heavy atom.